The molecule has 0 radical (unpaired) electrons. The molecule has 0 fully saturated rings. The number of benzene rings is 1. The number of carbonyl (C=O) groups is 1. The van der Waals surface area contributed by atoms with E-state index in [-0.39, 0.29) is 5.91 Å². The lowest BCUT2D eigenvalue weighted by Gasteiger charge is -2.09. The van der Waals surface area contributed by atoms with Gasteiger partial charge in [-0.15, -0.1) is 0 Å². The minimum Gasteiger partial charge on any atom is -0.491 e. The van der Waals surface area contributed by atoms with Gasteiger partial charge < -0.3 is 24.3 Å². The maximum absolute atomic E-state index is 11.0. The molecule has 1 amide bonds. The van der Waals surface area contributed by atoms with Crippen LogP contribution in [0.1, 0.15) is 78.1 Å². The van der Waals surface area contributed by atoms with E-state index in [1.807, 2.05) is 24.3 Å². The second-order valence-corrected chi connectivity index (χ2v) is 8.07. The number of unbranched alkanes of at least 4 members (excludes halogenated alkanes) is 9. The number of anilines is 1. The Hall–Kier alpha value is -1.63. The first-order valence-corrected chi connectivity index (χ1v) is 12.5. The van der Waals surface area contributed by atoms with Gasteiger partial charge in [-0.25, -0.2) is 0 Å². The molecule has 1 aromatic rings. The zero-order valence-corrected chi connectivity index (χ0v) is 20.4. The molecule has 1 aromatic carbocycles. The van der Waals surface area contributed by atoms with Crippen molar-refractivity contribution < 1.29 is 23.7 Å². The van der Waals surface area contributed by atoms with Crippen molar-refractivity contribution in [2.24, 2.45) is 0 Å². The van der Waals surface area contributed by atoms with E-state index in [0.29, 0.717) is 39.6 Å². The molecule has 0 heterocycles. The maximum atomic E-state index is 11.0. The number of amides is 1. The van der Waals surface area contributed by atoms with Crippen molar-refractivity contribution in [3.63, 3.8) is 0 Å². The predicted molar refractivity (Wildman–Crippen MR) is 131 cm³/mol. The molecule has 0 aliphatic rings. The summed E-state index contributed by atoms with van der Waals surface area (Å²) in [6.07, 6.45) is 13.4. The van der Waals surface area contributed by atoms with Crippen LogP contribution in [0.3, 0.4) is 0 Å². The Kier molecular flexibility index (Phi) is 18.8. The highest BCUT2D eigenvalue weighted by molar-refractivity contribution is 5.88. The highest BCUT2D eigenvalue weighted by Crippen LogP contribution is 2.15. The van der Waals surface area contributed by atoms with E-state index in [1.165, 1.54) is 64.7 Å². The molecule has 0 spiro atoms. The van der Waals surface area contributed by atoms with Gasteiger partial charge in [0.1, 0.15) is 12.4 Å². The van der Waals surface area contributed by atoms with Crippen molar-refractivity contribution in [2.75, 3.05) is 51.6 Å². The molecule has 0 aliphatic heterocycles. The summed E-state index contributed by atoms with van der Waals surface area (Å²) in [5.41, 5.74) is 0.755. The van der Waals surface area contributed by atoms with Gasteiger partial charge in [-0.05, 0) is 30.7 Å². The van der Waals surface area contributed by atoms with Crippen LogP contribution in [-0.2, 0) is 19.0 Å². The smallest absolute Gasteiger partial charge is 0.221 e. The highest BCUT2D eigenvalue weighted by Gasteiger charge is 1.98. The molecule has 0 saturated heterocycles. The molecule has 32 heavy (non-hydrogen) atoms. The van der Waals surface area contributed by atoms with Crippen molar-refractivity contribution in [3.8, 4) is 5.75 Å². The molecule has 0 unspecified atom stereocenters. The molecule has 1 N–H and O–H groups in total. The first kappa shape index (κ1) is 28.4. The van der Waals surface area contributed by atoms with Gasteiger partial charge in [0.2, 0.25) is 5.91 Å². The molecule has 0 bridgehead atoms. The Labute approximate surface area is 195 Å². The zero-order chi connectivity index (χ0) is 23.1. The average molecular weight is 452 g/mol. The Bertz CT molecular complexity index is 550. The summed E-state index contributed by atoms with van der Waals surface area (Å²) in [6.45, 7) is 7.93. The van der Waals surface area contributed by atoms with Crippen LogP contribution in [-0.4, -0.2) is 52.2 Å². The SMILES string of the molecule is CCCCCCCCCCCCOCCOCCOCCOc1ccc(NC(C)=O)cc1. The summed E-state index contributed by atoms with van der Waals surface area (Å²) in [4.78, 5) is 11.0. The maximum Gasteiger partial charge on any atom is 0.221 e. The summed E-state index contributed by atoms with van der Waals surface area (Å²) in [6, 6.07) is 7.27. The lowest BCUT2D eigenvalue weighted by Crippen LogP contribution is -2.13. The lowest BCUT2D eigenvalue weighted by molar-refractivity contribution is -0.114. The van der Waals surface area contributed by atoms with E-state index < -0.39 is 0 Å². The van der Waals surface area contributed by atoms with Gasteiger partial charge in [-0.2, -0.15) is 0 Å². The standard InChI is InChI=1S/C26H45NO5/c1-3-4-5-6-7-8-9-10-11-12-17-29-18-19-30-20-21-31-22-23-32-26-15-13-25(14-16-26)27-24(2)28/h13-16H,3-12,17-23H2,1-2H3,(H,27,28). The van der Waals surface area contributed by atoms with E-state index in [4.69, 9.17) is 18.9 Å². The zero-order valence-electron chi connectivity index (χ0n) is 20.4. The molecule has 0 aliphatic carbocycles. The van der Waals surface area contributed by atoms with E-state index in [2.05, 4.69) is 12.2 Å². The van der Waals surface area contributed by atoms with Crippen molar-refractivity contribution in [1.29, 1.82) is 0 Å². The molecule has 184 valence electrons. The lowest BCUT2D eigenvalue weighted by atomic mass is 10.1. The van der Waals surface area contributed by atoms with Crippen LogP contribution in [0, 0.1) is 0 Å². The Balaban J connectivity index is 1.76. The molecule has 1 rings (SSSR count). The van der Waals surface area contributed by atoms with Gasteiger partial charge in [-0.1, -0.05) is 64.7 Å². The van der Waals surface area contributed by atoms with Crippen molar-refractivity contribution in [2.45, 2.75) is 78.1 Å². The van der Waals surface area contributed by atoms with Crippen molar-refractivity contribution >= 4 is 11.6 Å². The van der Waals surface area contributed by atoms with Gasteiger partial charge in [0.15, 0.2) is 0 Å². The van der Waals surface area contributed by atoms with Crippen LogP contribution in [0.25, 0.3) is 0 Å². The Morgan fingerprint density at radius 2 is 1.12 bits per heavy atom. The van der Waals surface area contributed by atoms with E-state index in [0.717, 1.165) is 24.5 Å². The average Bonchev–Trinajstić information content (AvgIpc) is 2.78. The summed E-state index contributed by atoms with van der Waals surface area (Å²) >= 11 is 0. The molecule has 6 heteroatoms. The van der Waals surface area contributed by atoms with Gasteiger partial charge >= 0.3 is 0 Å². The largest absolute Gasteiger partial charge is 0.491 e. The van der Waals surface area contributed by atoms with E-state index >= 15 is 0 Å². The second kappa shape index (κ2) is 21.2. The van der Waals surface area contributed by atoms with E-state index in [9.17, 15) is 4.79 Å². The third-order valence-electron chi connectivity index (χ3n) is 5.06. The molecule has 0 atom stereocenters. The van der Waals surface area contributed by atoms with Crippen LogP contribution in [0.2, 0.25) is 0 Å². The summed E-state index contributed by atoms with van der Waals surface area (Å²) in [7, 11) is 0. The number of nitrogens with one attached hydrogen (secondary N) is 1. The number of hydrogen-bond donors (Lipinski definition) is 1. The fourth-order valence-corrected chi connectivity index (χ4v) is 3.29. The molecular formula is C26H45NO5. The van der Waals surface area contributed by atoms with Crippen molar-refractivity contribution in [1.82, 2.24) is 0 Å². The summed E-state index contributed by atoms with van der Waals surface area (Å²) in [5, 5.41) is 2.72. The molecule has 0 aromatic heterocycles. The molecular weight excluding hydrogens is 406 g/mol. The van der Waals surface area contributed by atoms with Gasteiger partial charge in [-0.3, -0.25) is 4.79 Å². The Morgan fingerprint density at radius 1 is 0.656 bits per heavy atom. The van der Waals surface area contributed by atoms with Crippen LogP contribution < -0.4 is 10.1 Å². The van der Waals surface area contributed by atoms with Gasteiger partial charge in [0.25, 0.3) is 0 Å². The summed E-state index contributed by atoms with van der Waals surface area (Å²) < 4.78 is 22.2. The third kappa shape index (κ3) is 18.0. The fraction of sp³-hybridized carbons (Fsp3) is 0.731. The quantitative estimate of drug-likeness (QED) is 0.219. The minimum absolute atomic E-state index is 0.0880. The monoisotopic (exact) mass is 451 g/mol. The number of hydrogen-bond acceptors (Lipinski definition) is 5. The van der Waals surface area contributed by atoms with Crippen LogP contribution in [0.5, 0.6) is 5.75 Å². The Morgan fingerprint density at radius 3 is 1.66 bits per heavy atom. The van der Waals surface area contributed by atoms with Gasteiger partial charge in [0, 0.05) is 19.2 Å². The first-order chi connectivity index (χ1) is 15.7. The van der Waals surface area contributed by atoms with E-state index in [1.54, 1.807) is 0 Å². The number of carbonyl (C=O) groups excluding carboxylic acids is 1. The minimum atomic E-state index is -0.0880. The molecule has 6 nitrogen and oxygen atoms in total. The van der Waals surface area contributed by atoms with Crippen LogP contribution in [0.4, 0.5) is 5.69 Å². The highest BCUT2D eigenvalue weighted by atomic mass is 16.6. The summed E-state index contributed by atoms with van der Waals surface area (Å²) in [5.74, 6) is 0.661. The predicted octanol–water partition coefficient (Wildman–Crippen LogP) is 5.99. The second-order valence-electron chi connectivity index (χ2n) is 8.07. The number of rotatable bonds is 22. The fourth-order valence-electron chi connectivity index (χ4n) is 3.29. The van der Waals surface area contributed by atoms with Gasteiger partial charge in [0.05, 0.1) is 33.0 Å². The first-order valence-electron chi connectivity index (χ1n) is 12.5. The normalized spacial score (nSPS) is 10.9. The van der Waals surface area contributed by atoms with Crippen LogP contribution >= 0.6 is 0 Å². The van der Waals surface area contributed by atoms with Crippen LogP contribution in [0.15, 0.2) is 24.3 Å². The molecule has 0 saturated carbocycles. The number of ether oxygens (including phenoxy) is 4. The topological polar surface area (TPSA) is 66.0 Å². The van der Waals surface area contributed by atoms with Crippen molar-refractivity contribution in [3.05, 3.63) is 24.3 Å². The third-order valence-corrected chi connectivity index (χ3v) is 5.06.